The largest absolute Gasteiger partial charge is 0.373 e. The van der Waals surface area contributed by atoms with Gasteiger partial charge in [-0.05, 0) is 25.5 Å². The molecule has 0 fully saturated rings. The average Bonchev–Trinajstić information content (AvgIpc) is 2.45. The summed E-state index contributed by atoms with van der Waals surface area (Å²) < 4.78 is 0. The first-order valence-electron chi connectivity index (χ1n) is 6.57. The molecule has 1 aromatic heterocycles. The molecule has 0 amide bonds. The first-order chi connectivity index (χ1) is 9.65. The van der Waals surface area contributed by atoms with E-state index < -0.39 is 0 Å². The molecule has 106 valence electrons. The second-order valence-electron chi connectivity index (χ2n) is 4.38. The van der Waals surface area contributed by atoms with Gasteiger partial charge in [0.25, 0.3) is 0 Å². The van der Waals surface area contributed by atoms with Gasteiger partial charge < -0.3 is 5.32 Å². The van der Waals surface area contributed by atoms with Crippen LogP contribution in [0.1, 0.15) is 24.0 Å². The molecule has 0 saturated carbocycles. The normalized spacial score (nSPS) is 10.6. The van der Waals surface area contributed by atoms with E-state index in [1.165, 1.54) is 5.56 Å². The zero-order valence-corrected chi connectivity index (χ0v) is 13.5. The second-order valence-corrected chi connectivity index (χ2v) is 5.80. The van der Waals surface area contributed by atoms with E-state index in [4.69, 9.17) is 11.6 Å². The SMILES string of the molecule is CCc1c(C)nc(CSc2ccccc2Cl)nc1NC. The summed E-state index contributed by atoms with van der Waals surface area (Å²) in [6, 6.07) is 7.83. The van der Waals surface area contributed by atoms with Crippen molar-refractivity contribution in [2.45, 2.75) is 30.9 Å². The van der Waals surface area contributed by atoms with Crippen molar-refractivity contribution in [2.24, 2.45) is 0 Å². The quantitative estimate of drug-likeness (QED) is 0.834. The number of halogens is 1. The Morgan fingerprint density at radius 1 is 1.25 bits per heavy atom. The topological polar surface area (TPSA) is 37.8 Å². The van der Waals surface area contributed by atoms with E-state index in [0.29, 0.717) is 5.75 Å². The maximum Gasteiger partial charge on any atom is 0.141 e. The van der Waals surface area contributed by atoms with Crippen molar-refractivity contribution >= 4 is 29.2 Å². The van der Waals surface area contributed by atoms with Crippen molar-refractivity contribution in [2.75, 3.05) is 12.4 Å². The standard InChI is InChI=1S/C15H18ClN3S/c1-4-11-10(2)18-14(19-15(11)17-3)9-20-13-8-6-5-7-12(13)16/h5-8H,4,9H2,1-3H3,(H,17,18,19). The first kappa shape index (κ1) is 15.1. The summed E-state index contributed by atoms with van der Waals surface area (Å²) in [5, 5.41) is 3.92. The molecule has 0 aliphatic heterocycles. The van der Waals surface area contributed by atoms with Gasteiger partial charge in [-0.3, -0.25) is 0 Å². The van der Waals surface area contributed by atoms with Crippen LogP contribution < -0.4 is 5.32 Å². The van der Waals surface area contributed by atoms with E-state index in [1.807, 2.05) is 38.2 Å². The van der Waals surface area contributed by atoms with E-state index in [0.717, 1.165) is 33.7 Å². The van der Waals surface area contributed by atoms with Crippen LogP contribution in [-0.2, 0) is 12.2 Å². The lowest BCUT2D eigenvalue weighted by Gasteiger charge is -2.11. The van der Waals surface area contributed by atoms with Gasteiger partial charge in [0.05, 0.1) is 10.8 Å². The summed E-state index contributed by atoms with van der Waals surface area (Å²) >= 11 is 7.81. The number of nitrogens with zero attached hydrogens (tertiary/aromatic N) is 2. The molecule has 0 atom stereocenters. The van der Waals surface area contributed by atoms with Crippen LogP contribution in [-0.4, -0.2) is 17.0 Å². The van der Waals surface area contributed by atoms with Crippen molar-refractivity contribution in [1.82, 2.24) is 9.97 Å². The number of nitrogens with one attached hydrogen (secondary N) is 1. The average molecular weight is 308 g/mol. The Labute approximate surface area is 129 Å². The molecule has 5 heteroatoms. The highest BCUT2D eigenvalue weighted by molar-refractivity contribution is 7.98. The molecule has 1 N–H and O–H groups in total. The van der Waals surface area contributed by atoms with Gasteiger partial charge in [0, 0.05) is 23.2 Å². The van der Waals surface area contributed by atoms with E-state index in [-0.39, 0.29) is 0 Å². The number of thioether (sulfide) groups is 1. The van der Waals surface area contributed by atoms with Crippen molar-refractivity contribution in [3.05, 3.63) is 46.4 Å². The Hall–Kier alpha value is -1.26. The molecule has 0 spiro atoms. The smallest absolute Gasteiger partial charge is 0.141 e. The van der Waals surface area contributed by atoms with Gasteiger partial charge >= 0.3 is 0 Å². The predicted octanol–water partition coefficient (Wildman–Crippen LogP) is 4.33. The highest BCUT2D eigenvalue weighted by Crippen LogP contribution is 2.29. The molecule has 0 aliphatic rings. The third-order valence-corrected chi connectivity index (χ3v) is 4.56. The lowest BCUT2D eigenvalue weighted by atomic mass is 10.1. The van der Waals surface area contributed by atoms with Gasteiger partial charge in [-0.1, -0.05) is 30.7 Å². The Morgan fingerprint density at radius 2 is 2.00 bits per heavy atom. The Kier molecular flexibility index (Phi) is 5.26. The van der Waals surface area contributed by atoms with Crippen LogP contribution in [0.25, 0.3) is 0 Å². The fourth-order valence-electron chi connectivity index (χ4n) is 2.05. The summed E-state index contributed by atoms with van der Waals surface area (Å²) in [6.07, 6.45) is 0.930. The molecule has 1 heterocycles. The van der Waals surface area contributed by atoms with Gasteiger partial charge in [0.1, 0.15) is 11.6 Å². The number of hydrogen-bond acceptors (Lipinski definition) is 4. The molecular weight excluding hydrogens is 290 g/mol. The third kappa shape index (κ3) is 3.44. The lowest BCUT2D eigenvalue weighted by molar-refractivity contribution is 0.941. The predicted molar refractivity (Wildman–Crippen MR) is 86.7 cm³/mol. The van der Waals surface area contributed by atoms with Crippen LogP contribution in [0.2, 0.25) is 5.02 Å². The van der Waals surface area contributed by atoms with E-state index >= 15 is 0 Å². The lowest BCUT2D eigenvalue weighted by Crippen LogP contribution is -2.06. The zero-order valence-electron chi connectivity index (χ0n) is 11.9. The number of aromatic nitrogens is 2. The Balaban J connectivity index is 2.18. The van der Waals surface area contributed by atoms with E-state index in [9.17, 15) is 0 Å². The van der Waals surface area contributed by atoms with E-state index in [2.05, 4.69) is 22.2 Å². The molecule has 0 saturated heterocycles. The number of anilines is 1. The molecule has 0 aliphatic carbocycles. The zero-order chi connectivity index (χ0) is 14.5. The maximum absolute atomic E-state index is 6.15. The maximum atomic E-state index is 6.15. The first-order valence-corrected chi connectivity index (χ1v) is 7.93. The molecule has 0 radical (unpaired) electrons. The number of benzene rings is 1. The summed E-state index contributed by atoms with van der Waals surface area (Å²) in [5.41, 5.74) is 2.22. The van der Waals surface area contributed by atoms with Gasteiger partial charge in [0.2, 0.25) is 0 Å². The van der Waals surface area contributed by atoms with Gasteiger partial charge in [-0.15, -0.1) is 11.8 Å². The van der Waals surface area contributed by atoms with Crippen LogP contribution >= 0.6 is 23.4 Å². The molecule has 0 unspecified atom stereocenters. The molecule has 2 aromatic rings. The fraction of sp³-hybridized carbons (Fsp3) is 0.333. The minimum atomic E-state index is 0.712. The summed E-state index contributed by atoms with van der Waals surface area (Å²) in [7, 11) is 1.89. The highest BCUT2D eigenvalue weighted by atomic mass is 35.5. The third-order valence-electron chi connectivity index (χ3n) is 3.04. The summed E-state index contributed by atoms with van der Waals surface area (Å²) in [4.78, 5) is 10.2. The number of rotatable bonds is 5. The van der Waals surface area contributed by atoms with Crippen molar-refractivity contribution in [3.8, 4) is 0 Å². The Bertz CT molecular complexity index is 602. The Morgan fingerprint density at radius 3 is 2.65 bits per heavy atom. The summed E-state index contributed by atoms with van der Waals surface area (Å²) in [6.45, 7) is 4.15. The monoisotopic (exact) mass is 307 g/mol. The summed E-state index contributed by atoms with van der Waals surface area (Å²) in [5.74, 6) is 2.47. The highest BCUT2D eigenvalue weighted by Gasteiger charge is 2.10. The van der Waals surface area contributed by atoms with Crippen LogP contribution in [0.3, 0.4) is 0 Å². The van der Waals surface area contributed by atoms with Crippen molar-refractivity contribution in [3.63, 3.8) is 0 Å². The second kappa shape index (κ2) is 6.95. The molecule has 0 bridgehead atoms. The van der Waals surface area contributed by atoms with E-state index in [1.54, 1.807) is 11.8 Å². The van der Waals surface area contributed by atoms with Crippen LogP contribution in [0.15, 0.2) is 29.2 Å². The van der Waals surface area contributed by atoms with Crippen molar-refractivity contribution in [1.29, 1.82) is 0 Å². The van der Waals surface area contributed by atoms with Crippen LogP contribution in [0, 0.1) is 6.92 Å². The van der Waals surface area contributed by atoms with Gasteiger partial charge in [0.15, 0.2) is 0 Å². The molecule has 20 heavy (non-hydrogen) atoms. The molecular formula is C15H18ClN3S. The number of hydrogen-bond donors (Lipinski definition) is 1. The van der Waals surface area contributed by atoms with Gasteiger partial charge in [-0.25, -0.2) is 9.97 Å². The van der Waals surface area contributed by atoms with Crippen molar-refractivity contribution < 1.29 is 0 Å². The number of aryl methyl sites for hydroxylation is 1. The van der Waals surface area contributed by atoms with Crippen LogP contribution in [0.5, 0.6) is 0 Å². The fourth-order valence-corrected chi connectivity index (χ4v) is 3.15. The van der Waals surface area contributed by atoms with Crippen LogP contribution in [0.4, 0.5) is 5.82 Å². The molecule has 1 aromatic carbocycles. The van der Waals surface area contributed by atoms with Gasteiger partial charge in [-0.2, -0.15) is 0 Å². The molecule has 3 nitrogen and oxygen atoms in total. The minimum absolute atomic E-state index is 0.712. The minimum Gasteiger partial charge on any atom is -0.373 e. The molecule has 2 rings (SSSR count).